The highest BCUT2D eigenvalue weighted by Crippen LogP contribution is 2.33. The van der Waals surface area contributed by atoms with Gasteiger partial charge in [-0.1, -0.05) is 12.8 Å². The van der Waals surface area contributed by atoms with E-state index >= 15 is 0 Å². The molecule has 2 aliphatic rings. The summed E-state index contributed by atoms with van der Waals surface area (Å²) in [4.78, 5) is 2.62. The van der Waals surface area contributed by atoms with Crippen LogP contribution in [0.3, 0.4) is 0 Å². The maximum atomic E-state index is 5.88. The summed E-state index contributed by atoms with van der Waals surface area (Å²) in [6, 6.07) is 1.50. The average molecular weight is 182 g/mol. The van der Waals surface area contributed by atoms with Crippen molar-refractivity contribution < 1.29 is 0 Å². The monoisotopic (exact) mass is 182 g/mol. The normalized spacial score (nSPS) is 33.2. The zero-order chi connectivity index (χ0) is 9.26. The van der Waals surface area contributed by atoms with E-state index in [1.165, 1.54) is 38.6 Å². The quantitative estimate of drug-likeness (QED) is 0.718. The van der Waals surface area contributed by atoms with Crippen molar-refractivity contribution in [3.8, 4) is 0 Å². The fourth-order valence-electron chi connectivity index (χ4n) is 2.97. The Bertz CT molecular complexity index is 161. The van der Waals surface area contributed by atoms with Crippen LogP contribution < -0.4 is 5.73 Å². The first-order valence-electron chi connectivity index (χ1n) is 5.78. The Balaban J connectivity index is 1.91. The summed E-state index contributed by atoms with van der Waals surface area (Å²) in [5, 5.41) is 0. The molecule has 0 bridgehead atoms. The van der Waals surface area contributed by atoms with Crippen LogP contribution in [0.1, 0.15) is 39.0 Å². The molecule has 1 saturated heterocycles. The van der Waals surface area contributed by atoms with Crippen molar-refractivity contribution in [1.82, 2.24) is 4.90 Å². The van der Waals surface area contributed by atoms with Crippen molar-refractivity contribution in [2.45, 2.75) is 51.1 Å². The fraction of sp³-hybridized carbons (Fsp3) is 1.00. The van der Waals surface area contributed by atoms with E-state index in [-0.39, 0.29) is 0 Å². The lowest BCUT2D eigenvalue weighted by Gasteiger charge is -2.46. The molecular weight excluding hydrogens is 160 g/mol. The Hall–Kier alpha value is -0.0800. The van der Waals surface area contributed by atoms with Gasteiger partial charge < -0.3 is 5.73 Å². The van der Waals surface area contributed by atoms with E-state index in [1.807, 2.05) is 0 Å². The molecule has 1 aliphatic carbocycles. The summed E-state index contributed by atoms with van der Waals surface area (Å²) in [5.74, 6) is 0.910. The third kappa shape index (κ3) is 1.75. The molecule has 0 radical (unpaired) electrons. The van der Waals surface area contributed by atoms with Crippen LogP contribution >= 0.6 is 0 Å². The Morgan fingerprint density at radius 1 is 1.31 bits per heavy atom. The summed E-state index contributed by atoms with van der Waals surface area (Å²) in [6.45, 7) is 4.50. The lowest BCUT2D eigenvalue weighted by atomic mass is 9.91. The molecule has 0 amide bonds. The number of hydrogen-bond acceptors (Lipinski definition) is 2. The minimum absolute atomic E-state index is 0.700. The molecule has 2 atom stereocenters. The second kappa shape index (κ2) is 3.97. The molecule has 1 heterocycles. The molecular formula is C11H22N2. The molecule has 0 aromatic heterocycles. The van der Waals surface area contributed by atoms with Gasteiger partial charge in [0, 0.05) is 25.2 Å². The molecule has 1 saturated carbocycles. The lowest BCUT2D eigenvalue weighted by molar-refractivity contribution is 0.0282. The van der Waals surface area contributed by atoms with Crippen LogP contribution in [0.25, 0.3) is 0 Å². The van der Waals surface area contributed by atoms with Gasteiger partial charge in [-0.05, 0) is 32.1 Å². The molecule has 0 aromatic carbocycles. The fourth-order valence-corrected chi connectivity index (χ4v) is 2.97. The molecule has 2 nitrogen and oxygen atoms in total. The molecule has 0 spiro atoms. The van der Waals surface area contributed by atoms with Gasteiger partial charge in [-0.2, -0.15) is 0 Å². The van der Waals surface area contributed by atoms with E-state index in [9.17, 15) is 0 Å². The maximum Gasteiger partial charge on any atom is 0.0249 e. The van der Waals surface area contributed by atoms with Gasteiger partial charge in [0.15, 0.2) is 0 Å². The van der Waals surface area contributed by atoms with Gasteiger partial charge in [0.25, 0.3) is 0 Å². The number of hydrogen-bond donors (Lipinski definition) is 1. The van der Waals surface area contributed by atoms with Crippen LogP contribution in [-0.2, 0) is 0 Å². The summed E-state index contributed by atoms with van der Waals surface area (Å²) in [5.41, 5.74) is 5.88. The standard InChI is InChI=1S/C11H22N2/c1-9-6-7-13(9)11(8-12)10-4-2-3-5-10/h9-11H,2-8,12H2,1H3. The van der Waals surface area contributed by atoms with Gasteiger partial charge >= 0.3 is 0 Å². The third-order valence-corrected chi connectivity index (χ3v) is 3.98. The lowest BCUT2D eigenvalue weighted by Crippen LogP contribution is -2.56. The van der Waals surface area contributed by atoms with E-state index in [2.05, 4.69) is 11.8 Å². The highest BCUT2D eigenvalue weighted by Gasteiger charge is 2.35. The average Bonchev–Trinajstić information content (AvgIpc) is 2.63. The second-order valence-electron chi connectivity index (χ2n) is 4.72. The molecule has 2 N–H and O–H groups in total. The summed E-state index contributed by atoms with van der Waals surface area (Å²) < 4.78 is 0. The van der Waals surface area contributed by atoms with Gasteiger partial charge in [-0.3, -0.25) is 4.90 Å². The minimum atomic E-state index is 0.700. The number of rotatable bonds is 3. The Morgan fingerprint density at radius 3 is 2.38 bits per heavy atom. The maximum absolute atomic E-state index is 5.88. The van der Waals surface area contributed by atoms with Crippen LogP contribution in [0, 0.1) is 5.92 Å². The molecule has 2 fully saturated rings. The highest BCUT2D eigenvalue weighted by atomic mass is 15.2. The van der Waals surface area contributed by atoms with Gasteiger partial charge in [-0.25, -0.2) is 0 Å². The number of likely N-dealkylation sites (tertiary alicyclic amines) is 1. The van der Waals surface area contributed by atoms with Gasteiger partial charge in [0.05, 0.1) is 0 Å². The van der Waals surface area contributed by atoms with Crippen molar-refractivity contribution in [2.75, 3.05) is 13.1 Å². The Morgan fingerprint density at radius 2 is 2.00 bits per heavy atom. The minimum Gasteiger partial charge on any atom is -0.329 e. The van der Waals surface area contributed by atoms with Gasteiger partial charge in [0.2, 0.25) is 0 Å². The first-order valence-corrected chi connectivity index (χ1v) is 5.78. The predicted molar refractivity (Wildman–Crippen MR) is 55.6 cm³/mol. The van der Waals surface area contributed by atoms with Crippen molar-refractivity contribution >= 4 is 0 Å². The number of nitrogens with zero attached hydrogens (tertiary/aromatic N) is 1. The highest BCUT2D eigenvalue weighted by molar-refractivity contribution is 4.91. The van der Waals surface area contributed by atoms with Crippen LogP contribution in [0.4, 0.5) is 0 Å². The largest absolute Gasteiger partial charge is 0.329 e. The third-order valence-electron chi connectivity index (χ3n) is 3.98. The van der Waals surface area contributed by atoms with Crippen LogP contribution in [0.15, 0.2) is 0 Å². The van der Waals surface area contributed by atoms with Gasteiger partial charge in [-0.15, -0.1) is 0 Å². The molecule has 2 unspecified atom stereocenters. The zero-order valence-electron chi connectivity index (χ0n) is 8.71. The topological polar surface area (TPSA) is 29.3 Å². The van der Waals surface area contributed by atoms with Crippen molar-refractivity contribution in [3.05, 3.63) is 0 Å². The molecule has 2 heteroatoms. The van der Waals surface area contributed by atoms with E-state index in [4.69, 9.17) is 5.73 Å². The summed E-state index contributed by atoms with van der Waals surface area (Å²) in [7, 11) is 0. The predicted octanol–water partition coefficient (Wildman–Crippen LogP) is 1.60. The van der Waals surface area contributed by atoms with Crippen molar-refractivity contribution in [3.63, 3.8) is 0 Å². The van der Waals surface area contributed by atoms with E-state index in [0.29, 0.717) is 6.04 Å². The van der Waals surface area contributed by atoms with Crippen molar-refractivity contribution in [2.24, 2.45) is 11.7 Å². The van der Waals surface area contributed by atoms with Crippen LogP contribution in [0.5, 0.6) is 0 Å². The molecule has 76 valence electrons. The SMILES string of the molecule is CC1CCN1C(CN)C1CCCC1. The Kier molecular flexibility index (Phi) is 2.89. The first-order chi connectivity index (χ1) is 6.33. The summed E-state index contributed by atoms with van der Waals surface area (Å²) >= 11 is 0. The van der Waals surface area contributed by atoms with Crippen molar-refractivity contribution in [1.29, 1.82) is 0 Å². The zero-order valence-corrected chi connectivity index (χ0v) is 8.71. The van der Waals surface area contributed by atoms with Gasteiger partial charge in [0.1, 0.15) is 0 Å². The van der Waals surface area contributed by atoms with Crippen LogP contribution in [-0.4, -0.2) is 30.1 Å². The summed E-state index contributed by atoms with van der Waals surface area (Å²) in [6.07, 6.45) is 7.09. The Labute approximate surface area is 81.5 Å². The van der Waals surface area contributed by atoms with E-state index < -0.39 is 0 Å². The number of nitrogens with two attached hydrogens (primary N) is 1. The van der Waals surface area contributed by atoms with E-state index in [0.717, 1.165) is 18.5 Å². The smallest absolute Gasteiger partial charge is 0.0249 e. The molecule has 0 aromatic rings. The van der Waals surface area contributed by atoms with Crippen LogP contribution in [0.2, 0.25) is 0 Å². The second-order valence-corrected chi connectivity index (χ2v) is 4.72. The molecule has 2 rings (SSSR count). The molecule has 13 heavy (non-hydrogen) atoms. The first kappa shape index (κ1) is 9.47. The molecule has 1 aliphatic heterocycles. The van der Waals surface area contributed by atoms with E-state index in [1.54, 1.807) is 0 Å².